The van der Waals surface area contributed by atoms with E-state index in [2.05, 4.69) is 15.4 Å². The minimum absolute atomic E-state index is 0.0595. The summed E-state index contributed by atoms with van der Waals surface area (Å²) in [7, 11) is -2.07. The number of carbonyl (C=O) groups is 2. The molecule has 3 rings (SSSR count). The van der Waals surface area contributed by atoms with Gasteiger partial charge in [-0.3, -0.25) is 9.59 Å². The van der Waals surface area contributed by atoms with Crippen LogP contribution in [0.25, 0.3) is 0 Å². The van der Waals surface area contributed by atoms with Crippen molar-refractivity contribution in [3.8, 4) is 0 Å². The minimum Gasteiger partial charge on any atom is -0.519 e. The second-order valence-corrected chi connectivity index (χ2v) is 12.9. The smallest absolute Gasteiger partial charge is 0.303 e. The number of rotatable bonds is 4. The van der Waals surface area contributed by atoms with Crippen molar-refractivity contribution in [3.05, 3.63) is 5.82 Å². The van der Waals surface area contributed by atoms with Crippen LogP contribution in [-0.2, 0) is 20.6 Å². The molecule has 0 bridgehead atoms. The molecule has 9 nitrogen and oxygen atoms in total. The molecule has 11 heteroatoms. The fourth-order valence-electron chi connectivity index (χ4n) is 2.86. The van der Waals surface area contributed by atoms with Crippen LogP contribution in [0.5, 0.6) is 0 Å². The van der Waals surface area contributed by atoms with E-state index in [-0.39, 0.29) is 30.3 Å². The van der Waals surface area contributed by atoms with Gasteiger partial charge in [-0.2, -0.15) is 4.80 Å². The lowest BCUT2D eigenvalue weighted by Gasteiger charge is -2.53. The fraction of sp³-hybridized carbons (Fsp3) is 0.769. The maximum atomic E-state index is 13.0. The highest BCUT2D eigenvalue weighted by Gasteiger charge is 2.57. The molecule has 1 aromatic rings. The number of tetrazole rings is 1. The molecule has 0 aromatic carbocycles. The van der Waals surface area contributed by atoms with Crippen LogP contribution in [0.15, 0.2) is 0 Å². The van der Waals surface area contributed by atoms with Gasteiger partial charge in [0.15, 0.2) is 5.82 Å². The number of hydrogen-bond donors (Lipinski definition) is 1. The van der Waals surface area contributed by atoms with Gasteiger partial charge in [-0.05, 0) is 31.8 Å². The summed E-state index contributed by atoms with van der Waals surface area (Å²) in [6, 6.07) is -0.479. The van der Waals surface area contributed by atoms with Gasteiger partial charge in [-0.25, -0.2) is 0 Å². The molecule has 0 saturated carbocycles. The summed E-state index contributed by atoms with van der Waals surface area (Å²) < 4.78 is 5.76. The molecule has 1 aromatic heterocycles. The quantitative estimate of drug-likeness (QED) is 0.561. The molecule has 0 spiro atoms. The molecular weight excluding hydrogens is 348 g/mol. The third kappa shape index (κ3) is 3.07. The van der Waals surface area contributed by atoms with E-state index in [4.69, 9.17) is 10.2 Å². The van der Waals surface area contributed by atoms with Crippen molar-refractivity contribution in [2.45, 2.75) is 44.5 Å². The van der Waals surface area contributed by atoms with Gasteiger partial charge in [0.05, 0.1) is 6.54 Å². The van der Waals surface area contributed by atoms with Gasteiger partial charge in [-0.1, -0.05) is 0 Å². The fourth-order valence-corrected chi connectivity index (χ4v) is 5.10. The molecule has 3 heterocycles. The molecule has 3 atom stereocenters. The Balaban J connectivity index is 1.86. The number of thioether (sulfide) groups is 1. The highest BCUT2D eigenvalue weighted by molar-refractivity contribution is 8.00. The van der Waals surface area contributed by atoms with Crippen LogP contribution in [0.4, 0.5) is 0 Å². The van der Waals surface area contributed by atoms with Crippen molar-refractivity contribution in [3.63, 3.8) is 0 Å². The lowest BCUT2D eigenvalue weighted by molar-refractivity contribution is -0.156. The molecule has 132 valence electrons. The molecule has 24 heavy (non-hydrogen) atoms. The van der Waals surface area contributed by atoms with E-state index in [1.54, 1.807) is 11.8 Å². The molecule has 0 radical (unpaired) electrons. The monoisotopic (exact) mass is 370 g/mol. The molecule has 2 unspecified atom stereocenters. The Morgan fingerprint density at radius 1 is 1.50 bits per heavy atom. The second-order valence-electron chi connectivity index (χ2n) is 7.34. The molecular formula is C13H22N6O3SSi. The summed E-state index contributed by atoms with van der Waals surface area (Å²) in [6.07, 6.45) is 0. The Bertz CT molecular complexity index is 677. The maximum absolute atomic E-state index is 13.0. The van der Waals surface area contributed by atoms with Crippen LogP contribution in [-0.4, -0.2) is 69.0 Å². The van der Waals surface area contributed by atoms with E-state index < -0.39 is 19.8 Å². The first-order valence-electron chi connectivity index (χ1n) is 7.77. The molecule has 2 fully saturated rings. The second kappa shape index (κ2) is 5.81. The van der Waals surface area contributed by atoms with Crippen molar-refractivity contribution >= 4 is 32.0 Å². The van der Waals surface area contributed by atoms with Crippen molar-refractivity contribution in [2.24, 2.45) is 11.1 Å². The van der Waals surface area contributed by atoms with E-state index in [0.717, 1.165) is 0 Å². The molecule has 1 amide bonds. The minimum atomic E-state index is -2.07. The number of amides is 1. The van der Waals surface area contributed by atoms with Crippen LogP contribution in [0.2, 0.25) is 19.6 Å². The first kappa shape index (κ1) is 17.4. The Labute approximate surface area is 145 Å². The van der Waals surface area contributed by atoms with Crippen LogP contribution < -0.4 is 5.73 Å². The largest absolute Gasteiger partial charge is 0.519 e. The van der Waals surface area contributed by atoms with Gasteiger partial charge in [0, 0.05) is 12.3 Å². The zero-order chi connectivity index (χ0) is 17.7. The standard InChI is InChI=1S/C13H22N6O3SSi/c1-8-15-17-19(16-8)6-13(12(21)22-24(2,3)4)5-18-10(20)9(14)11(18)23-7-13/h9,11H,5-7,14H2,1-4H3/t9?,11-,13?/m1/s1. The predicted octanol–water partition coefficient (Wildman–Crippen LogP) is -0.412. The molecule has 2 N–H and O–H groups in total. The van der Waals surface area contributed by atoms with Gasteiger partial charge in [0.25, 0.3) is 0 Å². The zero-order valence-electron chi connectivity index (χ0n) is 14.2. The Morgan fingerprint density at radius 3 is 2.79 bits per heavy atom. The molecule has 2 aliphatic rings. The summed E-state index contributed by atoms with van der Waals surface area (Å²) in [4.78, 5) is 28.1. The highest BCUT2D eigenvalue weighted by Crippen LogP contribution is 2.43. The average molecular weight is 371 g/mol. The van der Waals surface area contributed by atoms with Crippen LogP contribution >= 0.6 is 11.8 Å². The molecule has 0 aliphatic carbocycles. The van der Waals surface area contributed by atoms with Crippen molar-refractivity contribution in [1.29, 1.82) is 0 Å². The Hall–Kier alpha value is -1.46. The molecule has 2 aliphatic heterocycles. The maximum Gasteiger partial charge on any atom is 0.303 e. The SMILES string of the molecule is Cc1nnn(CC2(C(=O)O[Si](C)(C)C)CS[C@@H]3C(N)C(=O)N3C2)n1. The lowest BCUT2D eigenvalue weighted by Crippen LogP contribution is -2.72. The highest BCUT2D eigenvalue weighted by atomic mass is 32.2. The normalized spacial score (nSPS) is 29.9. The van der Waals surface area contributed by atoms with Gasteiger partial charge < -0.3 is 15.1 Å². The summed E-state index contributed by atoms with van der Waals surface area (Å²) in [5, 5.41) is 12.0. The van der Waals surface area contributed by atoms with E-state index >= 15 is 0 Å². The van der Waals surface area contributed by atoms with Crippen LogP contribution in [0.3, 0.4) is 0 Å². The van der Waals surface area contributed by atoms with Crippen molar-refractivity contribution in [1.82, 2.24) is 25.1 Å². The van der Waals surface area contributed by atoms with Gasteiger partial charge in [0.1, 0.15) is 16.8 Å². The first-order valence-corrected chi connectivity index (χ1v) is 12.2. The Morgan fingerprint density at radius 2 is 2.21 bits per heavy atom. The van der Waals surface area contributed by atoms with Gasteiger partial charge >= 0.3 is 5.97 Å². The Kier molecular flexibility index (Phi) is 4.20. The van der Waals surface area contributed by atoms with Gasteiger partial charge in [-0.15, -0.1) is 22.0 Å². The summed E-state index contributed by atoms with van der Waals surface area (Å²) in [6.45, 7) is 8.12. The zero-order valence-corrected chi connectivity index (χ0v) is 16.0. The van der Waals surface area contributed by atoms with E-state index in [9.17, 15) is 9.59 Å². The summed E-state index contributed by atoms with van der Waals surface area (Å²) in [5.41, 5.74) is 4.95. The number of hydrogen-bond acceptors (Lipinski definition) is 8. The lowest BCUT2D eigenvalue weighted by atomic mass is 9.87. The van der Waals surface area contributed by atoms with E-state index in [1.165, 1.54) is 16.6 Å². The summed E-state index contributed by atoms with van der Waals surface area (Å²) >= 11 is 1.52. The van der Waals surface area contributed by atoms with E-state index in [1.807, 2.05) is 19.6 Å². The number of aryl methyl sites for hydroxylation is 1. The van der Waals surface area contributed by atoms with Crippen molar-refractivity contribution < 1.29 is 14.0 Å². The van der Waals surface area contributed by atoms with Gasteiger partial charge in [0.2, 0.25) is 14.2 Å². The number of fused-ring (bicyclic) bond motifs is 1. The number of carbonyl (C=O) groups excluding carboxylic acids is 2. The van der Waals surface area contributed by atoms with E-state index in [0.29, 0.717) is 11.6 Å². The number of aromatic nitrogens is 4. The topological polar surface area (TPSA) is 116 Å². The first-order chi connectivity index (χ1) is 11.1. The average Bonchev–Trinajstić information content (AvgIpc) is 2.89. The number of nitrogens with two attached hydrogens (primary N) is 1. The molecule has 2 saturated heterocycles. The summed E-state index contributed by atoms with van der Waals surface area (Å²) in [5.74, 6) is 0.627. The van der Waals surface area contributed by atoms with Crippen LogP contribution in [0.1, 0.15) is 5.82 Å². The third-order valence-electron chi connectivity index (χ3n) is 4.01. The van der Waals surface area contributed by atoms with Crippen LogP contribution in [0, 0.1) is 12.3 Å². The number of β-lactam (4-membered cyclic amide) rings is 1. The van der Waals surface area contributed by atoms with Crippen molar-refractivity contribution in [2.75, 3.05) is 12.3 Å². The third-order valence-corrected chi connectivity index (χ3v) is 6.42. The number of nitrogens with zero attached hydrogens (tertiary/aromatic N) is 5. The predicted molar refractivity (Wildman–Crippen MR) is 90.4 cm³/mol.